The molecule has 20 heavy (non-hydrogen) atoms. The van der Waals surface area contributed by atoms with Gasteiger partial charge in [0.1, 0.15) is 11.6 Å². The Kier molecular flexibility index (Phi) is 4.61. The van der Waals surface area contributed by atoms with E-state index in [1.54, 1.807) is 12.1 Å². The summed E-state index contributed by atoms with van der Waals surface area (Å²) in [7, 11) is 1.91. The van der Waals surface area contributed by atoms with Crippen molar-refractivity contribution < 1.29 is 4.39 Å². The number of hydrogen-bond acceptors (Lipinski definition) is 2. The van der Waals surface area contributed by atoms with Gasteiger partial charge in [0.25, 0.3) is 0 Å². The van der Waals surface area contributed by atoms with Crippen molar-refractivity contribution in [1.82, 2.24) is 4.98 Å². The zero-order chi connectivity index (χ0) is 14.7. The fraction of sp³-hybridized carbons (Fsp3) is 0.312. The number of halogens is 2. The van der Waals surface area contributed by atoms with Crippen molar-refractivity contribution in [1.29, 1.82) is 0 Å². The fourth-order valence-electron chi connectivity index (χ4n) is 2.28. The molecule has 2 rings (SSSR count). The lowest BCUT2D eigenvalue weighted by Gasteiger charge is -2.22. The van der Waals surface area contributed by atoms with E-state index in [9.17, 15) is 4.39 Å². The van der Waals surface area contributed by atoms with Crippen LogP contribution in [-0.2, 0) is 12.4 Å². The van der Waals surface area contributed by atoms with Crippen LogP contribution < -0.4 is 4.90 Å². The first-order valence-electron chi connectivity index (χ1n) is 6.50. The lowest BCUT2D eigenvalue weighted by Crippen LogP contribution is -2.20. The second-order valence-corrected chi connectivity index (χ2v) is 5.23. The van der Waals surface area contributed by atoms with E-state index in [4.69, 9.17) is 11.6 Å². The normalized spacial score (nSPS) is 10.7. The molecule has 0 unspecified atom stereocenters. The van der Waals surface area contributed by atoms with Crippen LogP contribution in [0.2, 0.25) is 0 Å². The van der Waals surface area contributed by atoms with Gasteiger partial charge in [-0.3, -0.25) is 0 Å². The lowest BCUT2D eigenvalue weighted by molar-refractivity contribution is 0.607. The van der Waals surface area contributed by atoms with Crippen LogP contribution in [0.3, 0.4) is 0 Å². The second kappa shape index (κ2) is 6.23. The van der Waals surface area contributed by atoms with E-state index < -0.39 is 0 Å². The molecule has 0 amide bonds. The van der Waals surface area contributed by atoms with Crippen LogP contribution in [0.25, 0.3) is 0 Å². The molecule has 0 bridgehead atoms. The van der Waals surface area contributed by atoms with Gasteiger partial charge in [0.05, 0.1) is 5.88 Å². The molecule has 0 aliphatic carbocycles. The van der Waals surface area contributed by atoms with Gasteiger partial charge in [-0.15, -0.1) is 11.6 Å². The summed E-state index contributed by atoms with van der Waals surface area (Å²) < 4.78 is 13.7. The molecule has 1 heterocycles. The molecule has 0 N–H and O–H groups in total. The van der Waals surface area contributed by atoms with Gasteiger partial charge in [0.15, 0.2) is 0 Å². The van der Waals surface area contributed by atoms with E-state index in [0.29, 0.717) is 18.0 Å². The highest BCUT2D eigenvalue weighted by Gasteiger charge is 2.13. The van der Waals surface area contributed by atoms with E-state index >= 15 is 0 Å². The molecule has 0 radical (unpaired) electrons. The van der Waals surface area contributed by atoms with Crippen molar-refractivity contribution in [3.63, 3.8) is 0 Å². The first-order chi connectivity index (χ1) is 9.52. The zero-order valence-electron chi connectivity index (χ0n) is 12.0. The maximum atomic E-state index is 13.7. The summed E-state index contributed by atoms with van der Waals surface area (Å²) in [6.07, 6.45) is 0. The largest absolute Gasteiger partial charge is 0.355 e. The highest BCUT2D eigenvalue weighted by molar-refractivity contribution is 6.17. The molecule has 0 fully saturated rings. The number of nitrogens with zero attached hydrogens (tertiary/aromatic N) is 2. The zero-order valence-corrected chi connectivity index (χ0v) is 12.7. The van der Waals surface area contributed by atoms with Crippen molar-refractivity contribution in [2.75, 3.05) is 11.9 Å². The molecule has 0 aliphatic rings. The SMILES string of the molecule is Cc1cc(C)c(CCl)c(N(C)Cc2ccccc2F)n1. The maximum absolute atomic E-state index is 13.7. The molecule has 106 valence electrons. The summed E-state index contributed by atoms with van der Waals surface area (Å²) in [6.45, 7) is 4.44. The minimum atomic E-state index is -0.198. The van der Waals surface area contributed by atoms with Crippen molar-refractivity contribution in [2.24, 2.45) is 0 Å². The Morgan fingerprint density at radius 3 is 2.60 bits per heavy atom. The van der Waals surface area contributed by atoms with E-state index in [2.05, 4.69) is 4.98 Å². The smallest absolute Gasteiger partial charge is 0.133 e. The molecule has 2 nitrogen and oxygen atoms in total. The summed E-state index contributed by atoms with van der Waals surface area (Å²) in [5.41, 5.74) is 3.70. The molecule has 0 saturated carbocycles. The lowest BCUT2D eigenvalue weighted by atomic mass is 10.1. The summed E-state index contributed by atoms with van der Waals surface area (Å²) in [6, 6.07) is 8.80. The van der Waals surface area contributed by atoms with Crippen molar-refractivity contribution >= 4 is 17.4 Å². The van der Waals surface area contributed by atoms with Gasteiger partial charge in [0, 0.05) is 30.4 Å². The van der Waals surface area contributed by atoms with E-state index in [0.717, 1.165) is 22.6 Å². The molecule has 0 saturated heterocycles. The maximum Gasteiger partial charge on any atom is 0.133 e. The summed E-state index contributed by atoms with van der Waals surface area (Å²) in [5.74, 6) is 1.02. The Hall–Kier alpha value is -1.61. The van der Waals surface area contributed by atoms with Gasteiger partial charge in [-0.1, -0.05) is 18.2 Å². The van der Waals surface area contributed by atoms with Gasteiger partial charge in [-0.25, -0.2) is 9.37 Å². The molecule has 1 aromatic heterocycles. The average Bonchev–Trinajstić information content (AvgIpc) is 2.40. The first kappa shape index (κ1) is 14.8. The van der Waals surface area contributed by atoms with Crippen molar-refractivity contribution in [3.05, 3.63) is 58.5 Å². The fourth-order valence-corrected chi connectivity index (χ4v) is 2.61. The van der Waals surface area contributed by atoms with Crippen molar-refractivity contribution in [3.8, 4) is 0 Å². The number of hydrogen-bond donors (Lipinski definition) is 0. The van der Waals surface area contributed by atoms with Gasteiger partial charge in [-0.05, 0) is 31.5 Å². The van der Waals surface area contributed by atoms with Gasteiger partial charge in [0.2, 0.25) is 0 Å². The molecule has 0 atom stereocenters. The monoisotopic (exact) mass is 292 g/mol. The van der Waals surface area contributed by atoms with E-state index in [1.807, 2.05) is 37.9 Å². The predicted molar refractivity (Wildman–Crippen MR) is 81.8 cm³/mol. The van der Waals surface area contributed by atoms with Crippen LogP contribution in [0, 0.1) is 19.7 Å². The predicted octanol–water partition coefficient (Wildman–Crippen LogP) is 4.21. The third-order valence-electron chi connectivity index (χ3n) is 3.31. The van der Waals surface area contributed by atoms with Gasteiger partial charge < -0.3 is 4.90 Å². The number of benzene rings is 1. The van der Waals surface area contributed by atoms with Crippen LogP contribution in [0.1, 0.15) is 22.4 Å². The highest BCUT2D eigenvalue weighted by atomic mass is 35.5. The average molecular weight is 293 g/mol. The summed E-state index contributed by atoms with van der Waals surface area (Å²) >= 11 is 6.03. The van der Waals surface area contributed by atoms with E-state index in [1.165, 1.54) is 6.07 Å². The van der Waals surface area contributed by atoms with Crippen molar-refractivity contribution in [2.45, 2.75) is 26.3 Å². The van der Waals surface area contributed by atoms with Crippen LogP contribution in [0.15, 0.2) is 30.3 Å². The topological polar surface area (TPSA) is 16.1 Å². The standard InChI is InChI=1S/C16H18ClFN2/c1-11-8-12(2)19-16(14(11)9-17)20(3)10-13-6-4-5-7-15(13)18/h4-8H,9-10H2,1-3H3. The van der Waals surface area contributed by atoms with Gasteiger partial charge >= 0.3 is 0 Å². The number of rotatable bonds is 4. The minimum Gasteiger partial charge on any atom is -0.355 e. The molecule has 0 spiro atoms. The number of aryl methyl sites for hydroxylation is 2. The van der Waals surface area contributed by atoms with E-state index in [-0.39, 0.29) is 5.82 Å². The Morgan fingerprint density at radius 1 is 1.25 bits per heavy atom. The second-order valence-electron chi connectivity index (χ2n) is 4.96. The molecule has 4 heteroatoms. The minimum absolute atomic E-state index is 0.198. The molecular weight excluding hydrogens is 275 g/mol. The van der Waals surface area contributed by atoms with Crippen LogP contribution in [0.4, 0.5) is 10.2 Å². The summed E-state index contributed by atoms with van der Waals surface area (Å²) in [5, 5.41) is 0. The Morgan fingerprint density at radius 2 is 1.95 bits per heavy atom. The summed E-state index contributed by atoms with van der Waals surface area (Å²) in [4.78, 5) is 6.49. The molecule has 1 aromatic carbocycles. The highest BCUT2D eigenvalue weighted by Crippen LogP contribution is 2.25. The number of alkyl halides is 1. The Labute approximate surface area is 124 Å². The number of pyridine rings is 1. The number of aromatic nitrogens is 1. The first-order valence-corrected chi connectivity index (χ1v) is 7.04. The number of anilines is 1. The quantitative estimate of drug-likeness (QED) is 0.785. The molecular formula is C16H18ClFN2. The van der Waals surface area contributed by atoms with Crippen LogP contribution in [-0.4, -0.2) is 12.0 Å². The molecule has 0 aliphatic heterocycles. The third-order valence-corrected chi connectivity index (χ3v) is 3.58. The Bertz CT molecular complexity index is 613. The van der Waals surface area contributed by atoms with Crippen LogP contribution in [0.5, 0.6) is 0 Å². The Balaban J connectivity index is 2.34. The molecule has 2 aromatic rings. The van der Waals surface area contributed by atoms with Crippen LogP contribution >= 0.6 is 11.6 Å². The van der Waals surface area contributed by atoms with Gasteiger partial charge in [-0.2, -0.15) is 0 Å². The third kappa shape index (κ3) is 3.10.